The van der Waals surface area contributed by atoms with Crippen LogP contribution in [-0.2, 0) is 19.6 Å². The lowest BCUT2D eigenvalue weighted by Crippen LogP contribution is -2.33. The molecule has 0 spiro atoms. The summed E-state index contributed by atoms with van der Waals surface area (Å²) in [4.78, 5) is 15.3. The minimum atomic E-state index is -0.135. The number of aromatic nitrogens is 2. The van der Waals surface area contributed by atoms with Gasteiger partial charge in [0, 0.05) is 66.6 Å². The number of benzene rings is 2. The van der Waals surface area contributed by atoms with Gasteiger partial charge in [0.25, 0.3) is 5.56 Å². The summed E-state index contributed by atoms with van der Waals surface area (Å²) >= 11 is 6.85. The van der Waals surface area contributed by atoms with Crippen molar-refractivity contribution >= 4 is 22.5 Å². The van der Waals surface area contributed by atoms with Crippen molar-refractivity contribution in [1.82, 2.24) is 14.0 Å². The van der Waals surface area contributed by atoms with Crippen molar-refractivity contribution in [3.63, 3.8) is 0 Å². The van der Waals surface area contributed by atoms with Crippen molar-refractivity contribution in [3.05, 3.63) is 93.5 Å². The fraction of sp³-hybridized carbons (Fsp3) is 0.296. The first kappa shape index (κ1) is 21.8. The molecule has 4 aromatic rings. The van der Waals surface area contributed by atoms with E-state index in [0.29, 0.717) is 18.4 Å². The number of fused-ring (bicyclic) bond motifs is 3. The normalized spacial score (nSPS) is 14.4. The van der Waals surface area contributed by atoms with Crippen LogP contribution in [0.5, 0.6) is 5.75 Å². The van der Waals surface area contributed by atoms with Gasteiger partial charge in [-0.05, 0) is 43.7 Å². The van der Waals surface area contributed by atoms with Crippen LogP contribution in [-0.4, -0.2) is 33.2 Å². The minimum absolute atomic E-state index is 0.135. The second-order valence-electron chi connectivity index (χ2n) is 8.84. The van der Waals surface area contributed by atoms with Gasteiger partial charge in [0.1, 0.15) is 12.4 Å². The second kappa shape index (κ2) is 9.08. The third-order valence-electron chi connectivity index (χ3n) is 6.48. The number of hydrogen-bond acceptors (Lipinski definition) is 3. The third kappa shape index (κ3) is 4.31. The van der Waals surface area contributed by atoms with Crippen LogP contribution in [0.3, 0.4) is 0 Å². The van der Waals surface area contributed by atoms with Gasteiger partial charge < -0.3 is 9.30 Å². The molecule has 2 aromatic carbocycles. The highest BCUT2D eigenvalue weighted by atomic mass is 35.5. The van der Waals surface area contributed by atoms with E-state index in [-0.39, 0.29) is 5.56 Å². The highest BCUT2D eigenvalue weighted by molar-refractivity contribution is 6.36. The van der Waals surface area contributed by atoms with E-state index in [0.717, 1.165) is 53.2 Å². The lowest BCUT2D eigenvalue weighted by Gasteiger charge is -2.23. The molecule has 1 aliphatic heterocycles. The Bertz CT molecular complexity index is 1340. The quantitative estimate of drug-likeness (QED) is 0.405. The Balaban J connectivity index is 1.42. The summed E-state index contributed by atoms with van der Waals surface area (Å²) in [6, 6.07) is 19.9. The van der Waals surface area contributed by atoms with Gasteiger partial charge in [0.15, 0.2) is 0 Å². The topological polar surface area (TPSA) is 39.4 Å². The largest absolute Gasteiger partial charge is 0.489 e. The fourth-order valence-electron chi connectivity index (χ4n) is 4.62. The molecule has 33 heavy (non-hydrogen) atoms. The molecule has 0 fully saturated rings. The van der Waals surface area contributed by atoms with Crippen LogP contribution in [0.2, 0.25) is 5.02 Å². The average molecular weight is 462 g/mol. The molecule has 5 nitrogen and oxygen atoms in total. The molecule has 5 rings (SSSR count). The zero-order valence-electron chi connectivity index (χ0n) is 19.0. The van der Waals surface area contributed by atoms with Gasteiger partial charge in [-0.3, -0.25) is 14.3 Å². The molecular weight excluding hydrogens is 434 g/mol. The van der Waals surface area contributed by atoms with E-state index in [1.807, 2.05) is 48.5 Å². The molecule has 6 heteroatoms. The average Bonchev–Trinajstić information content (AvgIpc) is 2.96. The predicted octanol–water partition coefficient (Wildman–Crippen LogP) is 5.29. The van der Waals surface area contributed by atoms with Crippen LogP contribution < -0.4 is 10.3 Å². The third-order valence-corrected chi connectivity index (χ3v) is 6.90. The summed E-state index contributed by atoms with van der Waals surface area (Å²) in [7, 11) is 0. The minimum Gasteiger partial charge on any atom is -0.489 e. The molecule has 0 N–H and O–H groups in total. The van der Waals surface area contributed by atoms with Gasteiger partial charge in [-0.2, -0.15) is 0 Å². The lowest BCUT2D eigenvalue weighted by molar-refractivity contribution is 0.227. The molecule has 0 unspecified atom stereocenters. The lowest BCUT2D eigenvalue weighted by atomic mass is 10.2. The van der Waals surface area contributed by atoms with E-state index in [1.54, 1.807) is 10.8 Å². The van der Waals surface area contributed by atoms with Gasteiger partial charge in [-0.15, -0.1) is 0 Å². The first-order valence-corrected chi connectivity index (χ1v) is 11.8. The van der Waals surface area contributed by atoms with Crippen molar-refractivity contribution in [2.75, 3.05) is 13.1 Å². The SMILES string of the molecule is CC(C)N1CCc2c(Cl)c3cc(-n4ccc(OCc5ccccc5)cc4=O)ccc3n2CC1. The van der Waals surface area contributed by atoms with Gasteiger partial charge in [0.2, 0.25) is 0 Å². The highest BCUT2D eigenvalue weighted by Gasteiger charge is 2.22. The molecule has 2 aromatic heterocycles. The molecule has 3 heterocycles. The van der Waals surface area contributed by atoms with Gasteiger partial charge >= 0.3 is 0 Å². The summed E-state index contributed by atoms with van der Waals surface area (Å²) in [5, 5.41) is 1.80. The molecule has 0 aliphatic carbocycles. The van der Waals surface area contributed by atoms with E-state index < -0.39 is 0 Å². The molecule has 170 valence electrons. The Labute approximate surface area is 198 Å². The van der Waals surface area contributed by atoms with Crippen molar-refractivity contribution < 1.29 is 4.74 Å². The number of pyridine rings is 1. The number of halogens is 1. The monoisotopic (exact) mass is 461 g/mol. The first-order valence-electron chi connectivity index (χ1n) is 11.5. The summed E-state index contributed by atoms with van der Waals surface area (Å²) in [6.45, 7) is 7.84. The Kier molecular flexibility index (Phi) is 6.00. The van der Waals surface area contributed by atoms with Crippen molar-refractivity contribution in [3.8, 4) is 11.4 Å². The van der Waals surface area contributed by atoms with Gasteiger partial charge in [-0.1, -0.05) is 41.9 Å². The zero-order chi connectivity index (χ0) is 22.9. The van der Waals surface area contributed by atoms with Crippen molar-refractivity contribution in [1.29, 1.82) is 0 Å². The van der Waals surface area contributed by atoms with Crippen molar-refractivity contribution in [2.24, 2.45) is 0 Å². The van der Waals surface area contributed by atoms with Crippen LogP contribution >= 0.6 is 11.6 Å². The molecule has 0 bridgehead atoms. The van der Waals surface area contributed by atoms with Gasteiger partial charge in [-0.25, -0.2) is 0 Å². The summed E-state index contributed by atoms with van der Waals surface area (Å²) in [6.07, 6.45) is 2.69. The molecule has 0 amide bonds. The number of hydrogen-bond donors (Lipinski definition) is 0. The fourth-order valence-corrected chi connectivity index (χ4v) is 4.96. The summed E-state index contributed by atoms with van der Waals surface area (Å²) in [5.74, 6) is 0.560. The smallest absolute Gasteiger partial charge is 0.258 e. The van der Waals surface area contributed by atoms with E-state index >= 15 is 0 Å². The molecule has 0 saturated heterocycles. The van der Waals surface area contributed by atoms with Crippen molar-refractivity contribution in [2.45, 2.75) is 39.5 Å². The Morgan fingerprint density at radius 3 is 2.58 bits per heavy atom. The molecule has 0 atom stereocenters. The maximum Gasteiger partial charge on any atom is 0.258 e. The summed E-state index contributed by atoms with van der Waals surface area (Å²) in [5.41, 5.74) is 4.04. The maximum atomic E-state index is 12.9. The van der Waals surface area contributed by atoms with Gasteiger partial charge in [0.05, 0.1) is 5.02 Å². The Morgan fingerprint density at radius 2 is 1.82 bits per heavy atom. The van der Waals surface area contributed by atoms with Crippen LogP contribution in [0.25, 0.3) is 16.6 Å². The van der Waals surface area contributed by atoms with Crippen LogP contribution in [0.15, 0.2) is 71.7 Å². The number of nitrogens with zero attached hydrogens (tertiary/aromatic N) is 3. The Hall–Kier alpha value is -3.02. The van der Waals surface area contributed by atoms with Crippen LogP contribution in [0, 0.1) is 0 Å². The van der Waals surface area contributed by atoms with Crippen LogP contribution in [0.4, 0.5) is 0 Å². The first-order chi connectivity index (χ1) is 16.0. The number of ether oxygens (including phenoxy) is 1. The van der Waals surface area contributed by atoms with E-state index in [4.69, 9.17) is 16.3 Å². The number of rotatable bonds is 5. The standard InChI is InChI=1S/C27H28ClN3O2/c1-19(2)29-12-11-25-27(28)23-16-21(8-9-24(23)31(25)15-14-29)30-13-10-22(17-26(30)32)33-18-20-6-4-3-5-7-20/h3-10,13,16-17,19H,11-12,14-15,18H2,1-2H3. The van der Waals surface area contributed by atoms with Crippen LogP contribution in [0.1, 0.15) is 25.1 Å². The van der Waals surface area contributed by atoms with E-state index in [2.05, 4.69) is 29.4 Å². The summed E-state index contributed by atoms with van der Waals surface area (Å²) < 4.78 is 9.78. The highest BCUT2D eigenvalue weighted by Crippen LogP contribution is 2.34. The van der Waals surface area contributed by atoms with E-state index in [1.165, 1.54) is 11.8 Å². The zero-order valence-corrected chi connectivity index (χ0v) is 19.8. The molecule has 1 aliphatic rings. The molecular formula is C27H28ClN3O2. The van der Waals surface area contributed by atoms with E-state index in [9.17, 15) is 4.79 Å². The molecule has 0 radical (unpaired) electrons. The predicted molar refractivity (Wildman–Crippen MR) is 134 cm³/mol. The maximum absolute atomic E-state index is 12.9. The second-order valence-corrected chi connectivity index (χ2v) is 9.22. The molecule has 0 saturated carbocycles. The Morgan fingerprint density at radius 1 is 1.00 bits per heavy atom.